The summed E-state index contributed by atoms with van der Waals surface area (Å²) < 4.78 is 0. The largest absolute Gasteiger partial charge is 0.246 e. The van der Waals surface area contributed by atoms with Crippen molar-refractivity contribution in [2.24, 2.45) is 0 Å². The Balaban J connectivity index is 1.63. The maximum absolute atomic E-state index is 5.30. The van der Waals surface area contributed by atoms with E-state index >= 15 is 0 Å². The van der Waals surface area contributed by atoms with Gasteiger partial charge in [-0.1, -0.05) is 109 Å². The van der Waals surface area contributed by atoms with Gasteiger partial charge in [0.15, 0.2) is 0 Å². The van der Waals surface area contributed by atoms with Crippen molar-refractivity contribution in [3.63, 3.8) is 0 Å². The molecule has 0 spiro atoms. The molecular weight excluding hydrogens is 410 g/mol. The van der Waals surface area contributed by atoms with Gasteiger partial charge < -0.3 is 0 Å². The Morgan fingerprint density at radius 2 is 0.735 bits per heavy atom. The second-order valence-corrected chi connectivity index (χ2v) is 8.80. The van der Waals surface area contributed by atoms with Gasteiger partial charge in [0, 0.05) is 21.5 Å². The zero-order valence-electron chi connectivity index (χ0n) is 18.6. The van der Waals surface area contributed by atoms with Crippen LogP contribution >= 0.6 is 0 Å². The highest BCUT2D eigenvalue weighted by molar-refractivity contribution is 6.18. The molecule has 34 heavy (non-hydrogen) atoms. The molecule has 7 aromatic rings. The number of benzene rings is 6. The fourth-order valence-corrected chi connectivity index (χ4v) is 5.23. The summed E-state index contributed by atoms with van der Waals surface area (Å²) in [5.41, 5.74) is 7.05. The van der Waals surface area contributed by atoms with Crippen molar-refractivity contribution in [2.45, 2.75) is 0 Å². The van der Waals surface area contributed by atoms with Crippen LogP contribution in [0.3, 0.4) is 0 Å². The molecule has 0 aliphatic rings. The Morgan fingerprint density at radius 1 is 0.353 bits per heavy atom. The van der Waals surface area contributed by atoms with Crippen molar-refractivity contribution < 1.29 is 0 Å². The van der Waals surface area contributed by atoms with Gasteiger partial charge in [-0.25, -0.2) is 4.98 Å². The van der Waals surface area contributed by atoms with E-state index in [9.17, 15) is 0 Å². The average Bonchev–Trinajstić information content (AvgIpc) is 2.92. The van der Waals surface area contributed by atoms with Crippen molar-refractivity contribution >= 4 is 43.4 Å². The standard InChI is InChI=1S/C33H21N/c1-3-11-22(12-4-1)30-20-24-19-25-21-31(23-13-5-2-6-14-23)27-16-8-10-18-29(27)33(25)34-32(24)28-17-9-7-15-26(28)30/h1-21H. The first kappa shape index (κ1) is 19.0. The second-order valence-electron chi connectivity index (χ2n) is 8.80. The Labute approximate surface area is 197 Å². The molecule has 0 amide bonds. The van der Waals surface area contributed by atoms with Crippen LogP contribution < -0.4 is 0 Å². The van der Waals surface area contributed by atoms with E-state index in [-0.39, 0.29) is 0 Å². The molecule has 0 saturated carbocycles. The Bertz CT molecular complexity index is 1700. The first-order valence-corrected chi connectivity index (χ1v) is 11.7. The molecule has 0 aliphatic carbocycles. The van der Waals surface area contributed by atoms with Gasteiger partial charge in [0.25, 0.3) is 0 Å². The summed E-state index contributed by atoms with van der Waals surface area (Å²) in [5, 5.41) is 7.18. The molecule has 0 unspecified atom stereocenters. The summed E-state index contributed by atoms with van der Waals surface area (Å²) >= 11 is 0. The zero-order valence-corrected chi connectivity index (χ0v) is 18.6. The van der Waals surface area contributed by atoms with E-state index in [4.69, 9.17) is 4.98 Å². The van der Waals surface area contributed by atoms with E-state index < -0.39 is 0 Å². The zero-order chi connectivity index (χ0) is 22.5. The fourth-order valence-electron chi connectivity index (χ4n) is 5.23. The van der Waals surface area contributed by atoms with Crippen LogP contribution in [-0.4, -0.2) is 4.98 Å². The molecule has 158 valence electrons. The number of hydrogen-bond acceptors (Lipinski definition) is 1. The number of nitrogens with zero attached hydrogens (tertiary/aromatic N) is 1. The summed E-state index contributed by atoms with van der Waals surface area (Å²) in [4.78, 5) is 5.30. The van der Waals surface area contributed by atoms with Gasteiger partial charge in [-0.15, -0.1) is 0 Å². The minimum absolute atomic E-state index is 1.06. The van der Waals surface area contributed by atoms with Gasteiger partial charge in [-0.05, 0) is 51.2 Å². The smallest absolute Gasteiger partial charge is 0.0788 e. The minimum atomic E-state index is 1.06. The molecule has 7 rings (SSSR count). The maximum atomic E-state index is 5.30. The quantitative estimate of drug-likeness (QED) is 0.196. The molecule has 0 bridgehead atoms. The first-order valence-electron chi connectivity index (χ1n) is 11.7. The predicted molar refractivity (Wildman–Crippen MR) is 145 cm³/mol. The van der Waals surface area contributed by atoms with E-state index in [0.717, 1.165) is 11.0 Å². The number of rotatable bonds is 2. The topological polar surface area (TPSA) is 12.9 Å². The summed E-state index contributed by atoms with van der Waals surface area (Å²) in [6.45, 7) is 0. The van der Waals surface area contributed by atoms with Crippen LogP contribution in [0.5, 0.6) is 0 Å². The van der Waals surface area contributed by atoms with Gasteiger partial charge in [-0.3, -0.25) is 0 Å². The Kier molecular flexibility index (Phi) is 4.22. The number of pyridine rings is 1. The highest BCUT2D eigenvalue weighted by Crippen LogP contribution is 2.39. The van der Waals surface area contributed by atoms with Crippen LogP contribution in [0.4, 0.5) is 0 Å². The third kappa shape index (κ3) is 2.91. The molecule has 0 N–H and O–H groups in total. The Morgan fingerprint density at radius 3 is 1.18 bits per heavy atom. The van der Waals surface area contributed by atoms with E-state index in [1.54, 1.807) is 0 Å². The van der Waals surface area contributed by atoms with Gasteiger partial charge in [0.05, 0.1) is 11.0 Å². The molecule has 6 aromatic carbocycles. The third-order valence-electron chi connectivity index (χ3n) is 6.80. The lowest BCUT2D eigenvalue weighted by molar-refractivity contribution is 1.53. The average molecular weight is 432 g/mol. The summed E-state index contributed by atoms with van der Waals surface area (Å²) in [5.74, 6) is 0. The molecule has 0 radical (unpaired) electrons. The lowest BCUT2D eigenvalue weighted by Crippen LogP contribution is -1.91. The first-order chi connectivity index (χ1) is 16.9. The number of aromatic nitrogens is 1. The molecule has 1 heteroatoms. The molecular formula is C33H21N. The van der Waals surface area contributed by atoms with E-state index in [1.165, 1.54) is 54.6 Å². The van der Waals surface area contributed by atoms with Crippen molar-refractivity contribution in [2.75, 3.05) is 0 Å². The Hall–Kier alpha value is -4.49. The normalized spacial score (nSPS) is 11.5. The number of fused-ring (bicyclic) bond motifs is 6. The van der Waals surface area contributed by atoms with E-state index in [2.05, 4.69) is 127 Å². The second kappa shape index (κ2) is 7.54. The molecule has 1 nitrogen and oxygen atoms in total. The van der Waals surface area contributed by atoms with Crippen molar-refractivity contribution in [1.29, 1.82) is 0 Å². The van der Waals surface area contributed by atoms with Crippen LogP contribution in [0.1, 0.15) is 0 Å². The van der Waals surface area contributed by atoms with Crippen molar-refractivity contribution in [3.05, 3.63) is 127 Å². The number of hydrogen-bond donors (Lipinski definition) is 0. The lowest BCUT2D eigenvalue weighted by Gasteiger charge is -2.14. The molecule has 1 heterocycles. The predicted octanol–water partition coefficient (Wildman–Crippen LogP) is 9.03. The summed E-state index contributed by atoms with van der Waals surface area (Å²) in [6, 6.07) is 45.5. The molecule has 0 fully saturated rings. The van der Waals surface area contributed by atoms with Crippen LogP contribution in [0.25, 0.3) is 65.6 Å². The minimum Gasteiger partial charge on any atom is -0.246 e. The van der Waals surface area contributed by atoms with Crippen LogP contribution in [0, 0.1) is 0 Å². The van der Waals surface area contributed by atoms with Crippen LogP contribution in [-0.2, 0) is 0 Å². The van der Waals surface area contributed by atoms with Crippen LogP contribution in [0.2, 0.25) is 0 Å². The van der Waals surface area contributed by atoms with Crippen molar-refractivity contribution in [1.82, 2.24) is 4.98 Å². The van der Waals surface area contributed by atoms with Crippen LogP contribution in [0.15, 0.2) is 127 Å². The van der Waals surface area contributed by atoms with E-state index in [0.29, 0.717) is 0 Å². The fraction of sp³-hybridized carbons (Fsp3) is 0. The molecule has 1 aromatic heterocycles. The van der Waals surface area contributed by atoms with Gasteiger partial charge in [-0.2, -0.15) is 0 Å². The van der Waals surface area contributed by atoms with Gasteiger partial charge >= 0.3 is 0 Å². The highest BCUT2D eigenvalue weighted by atomic mass is 14.7. The highest BCUT2D eigenvalue weighted by Gasteiger charge is 2.14. The molecule has 0 aliphatic heterocycles. The maximum Gasteiger partial charge on any atom is 0.0788 e. The molecule has 0 atom stereocenters. The molecule has 0 saturated heterocycles. The summed E-state index contributed by atoms with van der Waals surface area (Å²) in [7, 11) is 0. The van der Waals surface area contributed by atoms with Gasteiger partial charge in [0.1, 0.15) is 0 Å². The van der Waals surface area contributed by atoms with Gasteiger partial charge in [0.2, 0.25) is 0 Å². The summed E-state index contributed by atoms with van der Waals surface area (Å²) in [6.07, 6.45) is 0. The lowest BCUT2D eigenvalue weighted by atomic mass is 9.92. The SMILES string of the molecule is c1ccc(-c2cc3cc4cc(-c5ccccc5)c5ccccc5c4nc3c3ccccc23)cc1. The third-order valence-corrected chi connectivity index (χ3v) is 6.80. The van der Waals surface area contributed by atoms with E-state index in [1.807, 2.05) is 0 Å². The van der Waals surface area contributed by atoms with Crippen molar-refractivity contribution in [3.8, 4) is 22.3 Å². The monoisotopic (exact) mass is 431 g/mol.